The van der Waals surface area contributed by atoms with Gasteiger partial charge in [0, 0.05) is 24.0 Å². The van der Waals surface area contributed by atoms with Gasteiger partial charge in [0.25, 0.3) is 0 Å². The second-order valence-corrected chi connectivity index (χ2v) is 5.27. The van der Waals surface area contributed by atoms with Crippen LogP contribution < -0.4 is 0 Å². The molecule has 1 heterocycles. The molecule has 1 aliphatic carbocycles. The molecule has 0 spiro atoms. The van der Waals surface area contributed by atoms with E-state index >= 15 is 0 Å². The summed E-state index contributed by atoms with van der Waals surface area (Å²) >= 11 is 3.51. The zero-order chi connectivity index (χ0) is 9.97. The van der Waals surface area contributed by atoms with Crippen molar-refractivity contribution in [3.8, 4) is 0 Å². The van der Waals surface area contributed by atoms with E-state index in [1.54, 1.807) is 0 Å². The van der Waals surface area contributed by atoms with Gasteiger partial charge in [-0.2, -0.15) is 0 Å². The van der Waals surface area contributed by atoms with Crippen LogP contribution in [0.1, 0.15) is 32.1 Å². The largest absolute Gasteiger partial charge is 0.284 e. The highest BCUT2D eigenvalue weighted by Gasteiger charge is 2.38. The molecule has 0 aromatic carbocycles. The lowest BCUT2D eigenvalue weighted by Crippen LogP contribution is -2.39. The summed E-state index contributed by atoms with van der Waals surface area (Å²) in [6, 6.07) is 1.62. The van der Waals surface area contributed by atoms with Crippen LogP contribution in [0.15, 0.2) is 0 Å². The van der Waals surface area contributed by atoms with Gasteiger partial charge in [-0.1, -0.05) is 28.8 Å². The number of hydrogen-bond acceptors (Lipinski definition) is 2. The average Bonchev–Trinajstić information content (AvgIpc) is 2.54. The molecule has 0 N–H and O–H groups in total. The van der Waals surface area contributed by atoms with Crippen LogP contribution in [0, 0.1) is 6.67 Å². The Kier molecular flexibility index (Phi) is 3.86. The molecule has 1 aliphatic heterocycles. The summed E-state index contributed by atoms with van der Waals surface area (Å²) < 4.78 is 0. The van der Waals surface area contributed by atoms with Crippen molar-refractivity contribution in [1.82, 2.24) is 9.80 Å². The molecular formula is C11H20BrN2. The van der Waals surface area contributed by atoms with Gasteiger partial charge >= 0.3 is 0 Å². The van der Waals surface area contributed by atoms with Crippen LogP contribution in [-0.2, 0) is 0 Å². The predicted octanol–water partition coefficient (Wildman–Crippen LogP) is 2.45. The van der Waals surface area contributed by atoms with Gasteiger partial charge in [-0.3, -0.25) is 9.80 Å². The third kappa shape index (κ3) is 2.15. The first-order valence-corrected chi connectivity index (χ1v) is 6.83. The van der Waals surface area contributed by atoms with Crippen molar-refractivity contribution in [2.45, 2.75) is 44.2 Å². The Hall–Kier alpha value is 0.400. The molecule has 2 aliphatic rings. The summed E-state index contributed by atoms with van der Waals surface area (Å²) in [5, 5.41) is 1.12. The molecule has 1 saturated carbocycles. The molecular weight excluding hydrogens is 240 g/mol. The molecule has 81 valence electrons. The number of hydrogen-bond donors (Lipinski definition) is 0. The minimum atomic E-state index is 0.805. The monoisotopic (exact) mass is 259 g/mol. The molecule has 2 atom stereocenters. The van der Waals surface area contributed by atoms with Gasteiger partial charge in [0.2, 0.25) is 0 Å². The Morgan fingerprint density at radius 3 is 2.71 bits per heavy atom. The number of rotatable bonds is 3. The minimum Gasteiger partial charge on any atom is -0.284 e. The average molecular weight is 260 g/mol. The second kappa shape index (κ2) is 4.95. The summed E-state index contributed by atoms with van der Waals surface area (Å²) in [5.74, 6) is 0. The SMILES string of the molecule is CN1[CH]N(CCCBr)C2CCCCC21. The zero-order valence-corrected chi connectivity index (χ0v) is 10.5. The van der Waals surface area contributed by atoms with Gasteiger partial charge in [0.05, 0.1) is 6.67 Å². The van der Waals surface area contributed by atoms with Crippen LogP contribution in [-0.4, -0.2) is 40.8 Å². The lowest BCUT2D eigenvalue weighted by Gasteiger charge is -2.31. The van der Waals surface area contributed by atoms with Gasteiger partial charge in [-0.05, 0) is 26.3 Å². The van der Waals surface area contributed by atoms with E-state index in [1.165, 1.54) is 38.6 Å². The molecule has 0 aromatic heterocycles. The Bertz CT molecular complexity index is 186. The quantitative estimate of drug-likeness (QED) is 0.719. The fourth-order valence-electron chi connectivity index (χ4n) is 2.82. The molecule has 2 nitrogen and oxygen atoms in total. The fraction of sp³-hybridized carbons (Fsp3) is 0.909. The van der Waals surface area contributed by atoms with Crippen LogP contribution in [0.2, 0.25) is 0 Å². The van der Waals surface area contributed by atoms with E-state index in [9.17, 15) is 0 Å². The van der Waals surface area contributed by atoms with Crippen LogP contribution in [0.4, 0.5) is 0 Å². The molecule has 0 aromatic rings. The smallest absolute Gasteiger partial charge is 0.0924 e. The normalized spacial score (nSPS) is 34.7. The van der Waals surface area contributed by atoms with Gasteiger partial charge in [-0.25, -0.2) is 0 Å². The summed E-state index contributed by atoms with van der Waals surface area (Å²) in [5.41, 5.74) is 0. The highest BCUT2D eigenvalue weighted by Crippen LogP contribution is 2.33. The maximum atomic E-state index is 3.51. The molecule has 14 heavy (non-hydrogen) atoms. The summed E-state index contributed by atoms with van der Waals surface area (Å²) in [6.07, 6.45) is 6.89. The summed E-state index contributed by atoms with van der Waals surface area (Å²) in [6.45, 7) is 3.56. The first-order valence-electron chi connectivity index (χ1n) is 5.71. The standard InChI is InChI=1S/C11H20BrN2/c1-13-9-14(8-4-7-12)11-6-3-2-5-10(11)13/h9-11H,2-8H2,1H3. The molecule has 1 saturated heterocycles. The van der Waals surface area contributed by atoms with Crippen LogP contribution in [0.5, 0.6) is 0 Å². The summed E-state index contributed by atoms with van der Waals surface area (Å²) in [4.78, 5) is 4.99. The fourth-order valence-corrected chi connectivity index (χ4v) is 3.08. The van der Waals surface area contributed by atoms with Crippen molar-refractivity contribution in [1.29, 1.82) is 0 Å². The van der Waals surface area contributed by atoms with Crippen molar-refractivity contribution in [3.05, 3.63) is 6.67 Å². The van der Waals surface area contributed by atoms with Crippen LogP contribution in [0.25, 0.3) is 0 Å². The van der Waals surface area contributed by atoms with E-state index < -0.39 is 0 Å². The highest BCUT2D eigenvalue weighted by molar-refractivity contribution is 9.09. The van der Waals surface area contributed by atoms with E-state index in [0.29, 0.717) is 0 Å². The molecule has 2 unspecified atom stereocenters. The van der Waals surface area contributed by atoms with Crippen LogP contribution in [0.3, 0.4) is 0 Å². The van der Waals surface area contributed by atoms with Crippen molar-refractivity contribution >= 4 is 15.9 Å². The first kappa shape index (κ1) is 10.9. The number of fused-ring (bicyclic) bond motifs is 1. The second-order valence-electron chi connectivity index (χ2n) is 4.48. The molecule has 3 heteroatoms. The first-order chi connectivity index (χ1) is 6.83. The molecule has 0 bridgehead atoms. The third-order valence-electron chi connectivity index (χ3n) is 3.52. The Balaban J connectivity index is 1.92. The molecule has 0 amide bonds. The van der Waals surface area contributed by atoms with E-state index in [0.717, 1.165) is 17.4 Å². The van der Waals surface area contributed by atoms with E-state index in [-0.39, 0.29) is 0 Å². The topological polar surface area (TPSA) is 6.48 Å². The maximum absolute atomic E-state index is 3.51. The Morgan fingerprint density at radius 1 is 1.29 bits per heavy atom. The molecule has 1 radical (unpaired) electrons. The number of alkyl halides is 1. The van der Waals surface area contributed by atoms with Gasteiger partial charge in [-0.15, -0.1) is 0 Å². The van der Waals surface area contributed by atoms with Crippen molar-refractivity contribution in [2.75, 3.05) is 18.9 Å². The third-order valence-corrected chi connectivity index (χ3v) is 4.08. The van der Waals surface area contributed by atoms with Gasteiger partial charge < -0.3 is 0 Å². The lowest BCUT2D eigenvalue weighted by atomic mass is 9.90. The van der Waals surface area contributed by atoms with Crippen molar-refractivity contribution in [2.24, 2.45) is 0 Å². The number of nitrogens with zero attached hydrogens (tertiary/aromatic N) is 2. The van der Waals surface area contributed by atoms with Gasteiger partial charge in [0.15, 0.2) is 0 Å². The molecule has 2 fully saturated rings. The minimum absolute atomic E-state index is 0.805. The molecule has 2 rings (SSSR count). The predicted molar refractivity (Wildman–Crippen MR) is 63.2 cm³/mol. The van der Waals surface area contributed by atoms with Crippen molar-refractivity contribution in [3.63, 3.8) is 0 Å². The number of halogens is 1. The highest BCUT2D eigenvalue weighted by atomic mass is 79.9. The zero-order valence-electron chi connectivity index (χ0n) is 8.95. The van der Waals surface area contributed by atoms with Crippen molar-refractivity contribution < 1.29 is 0 Å². The Labute approximate surface area is 95.8 Å². The lowest BCUT2D eigenvalue weighted by molar-refractivity contribution is 0.214. The number of likely N-dealkylation sites (N-methyl/N-ethyl adjacent to an activating group) is 1. The van der Waals surface area contributed by atoms with Crippen LogP contribution >= 0.6 is 15.9 Å². The maximum Gasteiger partial charge on any atom is 0.0924 e. The Morgan fingerprint density at radius 2 is 2.00 bits per heavy atom. The van der Waals surface area contributed by atoms with E-state index in [2.05, 4.69) is 39.4 Å². The van der Waals surface area contributed by atoms with E-state index in [4.69, 9.17) is 0 Å². The summed E-state index contributed by atoms with van der Waals surface area (Å²) in [7, 11) is 2.23. The van der Waals surface area contributed by atoms with E-state index in [1.807, 2.05) is 0 Å². The van der Waals surface area contributed by atoms with Gasteiger partial charge in [0.1, 0.15) is 0 Å².